The van der Waals surface area contributed by atoms with E-state index in [0.717, 1.165) is 187 Å². The number of carbonyl (C=O) groups is 4. The Balaban J connectivity index is 0.000000195. The molecule has 6 saturated heterocycles. The molecule has 6 fully saturated rings. The summed E-state index contributed by atoms with van der Waals surface area (Å²) < 4.78 is 206. The van der Waals surface area contributed by atoms with Crippen LogP contribution in [0.4, 0.5) is 58.7 Å². The van der Waals surface area contributed by atoms with E-state index in [-0.39, 0.29) is 61.1 Å². The summed E-state index contributed by atoms with van der Waals surface area (Å²) in [5.74, 6) is 4.64. The molecule has 6 aliphatic heterocycles. The molecule has 6 unspecified atom stereocenters. The molecule has 0 aliphatic carbocycles. The van der Waals surface area contributed by atoms with E-state index >= 15 is 0 Å². The highest BCUT2D eigenvalue weighted by Gasteiger charge is 2.34. The van der Waals surface area contributed by atoms with Gasteiger partial charge in [0, 0.05) is 101 Å². The van der Waals surface area contributed by atoms with E-state index in [1.54, 1.807) is 52.5 Å². The van der Waals surface area contributed by atoms with Crippen molar-refractivity contribution in [3.63, 3.8) is 0 Å². The fourth-order valence-electron chi connectivity index (χ4n) is 15.6. The molecule has 0 radical (unpaired) electrons. The lowest BCUT2D eigenvalue weighted by Crippen LogP contribution is -2.41. The molecule has 138 heavy (non-hydrogen) atoms. The van der Waals surface area contributed by atoms with Gasteiger partial charge in [-0.05, 0) is 259 Å². The van der Waals surface area contributed by atoms with Crippen molar-refractivity contribution in [2.45, 2.75) is 123 Å². The Morgan fingerprint density at radius 3 is 0.870 bits per heavy atom. The predicted molar refractivity (Wildman–Crippen MR) is 510 cm³/mol. The molecule has 6 aliphatic rings. The molecule has 0 aromatic heterocycles. The zero-order chi connectivity index (χ0) is 100. The summed E-state index contributed by atoms with van der Waals surface area (Å²) in [5, 5.41) is 31.6. The van der Waals surface area contributed by atoms with Crippen LogP contribution in [0.2, 0.25) is 0 Å². The van der Waals surface area contributed by atoms with Gasteiger partial charge in [-0.2, -0.15) is 56.3 Å². The predicted octanol–water partition coefficient (Wildman–Crippen LogP) is 21.0. The molecule has 37 heteroatoms. The molecular formula is C101H129F9N6O20S2. The first kappa shape index (κ1) is 112. The Morgan fingerprint density at radius 1 is 0.326 bits per heavy atom. The Hall–Kier alpha value is -11.3. The maximum Gasteiger partial charge on any atom is 0.416 e. The van der Waals surface area contributed by atoms with Crippen LogP contribution in [-0.2, 0) is 66.1 Å². The summed E-state index contributed by atoms with van der Waals surface area (Å²) in [6, 6.07) is 55.6. The number of hydrogen-bond donors (Lipinski definition) is 4. The zero-order valence-electron chi connectivity index (χ0n) is 78.8. The van der Waals surface area contributed by atoms with Crippen LogP contribution >= 0.6 is 0 Å². The van der Waals surface area contributed by atoms with E-state index in [1.165, 1.54) is 58.7 Å². The number of hydrogen-bond acceptors (Lipinski definition) is 22. The quantitative estimate of drug-likeness (QED) is 0.0278. The zero-order valence-corrected chi connectivity index (χ0v) is 80.4. The van der Waals surface area contributed by atoms with Gasteiger partial charge in [0.2, 0.25) is 0 Å². The van der Waals surface area contributed by atoms with Crippen molar-refractivity contribution >= 4 is 76.9 Å². The number of amides is 4. The first-order valence-corrected chi connectivity index (χ1v) is 50.1. The molecule has 9 aromatic carbocycles. The third-order valence-corrected chi connectivity index (χ3v) is 23.8. The van der Waals surface area contributed by atoms with Gasteiger partial charge in [0.05, 0.1) is 95.3 Å². The number of likely N-dealkylation sites (tertiary alicyclic amines) is 4. The summed E-state index contributed by atoms with van der Waals surface area (Å²) >= 11 is 0. The van der Waals surface area contributed by atoms with Crippen LogP contribution < -0.4 is 29.6 Å². The number of phenols is 2. The number of nitrogens with one attached hydrogen (secondary N) is 2. The molecule has 0 bridgehead atoms. The van der Waals surface area contributed by atoms with Gasteiger partial charge in [-0.3, -0.25) is 8.37 Å². The van der Waals surface area contributed by atoms with Crippen LogP contribution in [0.25, 0.3) is 32.3 Å². The summed E-state index contributed by atoms with van der Waals surface area (Å²) in [7, 11) is -6.81. The average Bonchev–Trinajstić information content (AvgIpc) is 0.851. The highest BCUT2D eigenvalue weighted by Crippen LogP contribution is 2.35. The summed E-state index contributed by atoms with van der Waals surface area (Å²) in [5.41, 5.74) is -2.10. The maximum atomic E-state index is 12.5. The van der Waals surface area contributed by atoms with E-state index in [1.807, 2.05) is 55.5 Å². The Bertz CT molecular complexity index is 5300. The number of halogens is 9. The number of piperidine rings is 6. The summed E-state index contributed by atoms with van der Waals surface area (Å²) in [6.45, 7) is 20.4. The summed E-state index contributed by atoms with van der Waals surface area (Å²) in [4.78, 5) is 53.2. The maximum absolute atomic E-state index is 12.5. The van der Waals surface area contributed by atoms with Crippen LogP contribution in [0, 0.1) is 35.5 Å². The van der Waals surface area contributed by atoms with Crippen molar-refractivity contribution in [2.24, 2.45) is 35.5 Å². The highest BCUT2D eigenvalue weighted by molar-refractivity contribution is 7.86. The van der Waals surface area contributed by atoms with Gasteiger partial charge in [0.15, 0.2) is 0 Å². The molecule has 6 atom stereocenters. The molecule has 758 valence electrons. The highest BCUT2D eigenvalue weighted by atomic mass is 32.2. The van der Waals surface area contributed by atoms with Gasteiger partial charge in [0.25, 0.3) is 20.2 Å². The molecule has 4 amide bonds. The van der Waals surface area contributed by atoms with E-state index in [4.69, 9.17) is 56.5 Å². The number of rotatable bonds is 22. The minimum atomic E-state index is -4.35. The Kier molecular flexibility index (Phi) is 46.5. The normalized spacial score (nSPS) is 18.4. The van der Waals surface area contributed by atoms with Crippen LogP contribution in [0.5, 0.6) is 34.5 Å². The van der Waals surface area contributed by atoms with Gasteiger partial charge in [0.1, 0.15) is 34.5 Å². The Morgan fingerprint density at radius 2 is 0.580 bits per heavy atom. The molecule has 26 nitrogen and oxygen atoms in total. The molecule has 0 saturated carbocycles. The second-order valence-electron chi connectivity index (χ2n) is 33.9. The van der Waals surface area contributed by atoms with Crippen molar-refractivity contribution in [1.82, 2.24) is 30.2 Å². The third kappa shape index (κ3) is 42.2. The van der Waals surface area contributed by atoms with Gasteiger partial charge in [-0.1, -0.05) is 91.0 Å². The number of phenolic OH excluding ortho intramolecular Hbond substituents is 2. The smallest absolute Gasteiger partial charge is 0.416 e. The monoisotopic (exact) mass is 1980 g/mol. The lowest BCUT2D eigenvalue weighted by atomic mass is 9.99. The Labute approximate surface area is 802 Å². The number of carbonyl (C=O) groups excluding carboxylic acids is 4. The number of aromatic hydroxyl groups is 2. The number of fused-ring (bicyclic) bond motifs is 3. The minimum absolute atomic E-state index is 0.0582. The van der Waals surface area contributed by atoms with Crippen molar-refractivity contribution in [1.29, 1.82) is 0 Å². The fourth-order valence-corrected chi connectivity index (χ4v) is 16.5. The van der Waals surface area contributed by atoms with Crippen LogP contribution in [0.3, 0.4) is 0 Å². The van der Waals surface area contributed by atoms with Crippen LogP contribution in [-0.4, -0.2) is 228 Å². The van der Waals surface area contributed by atoms with Gasteiger partial charge in [-0.15, -0.1) is 0 Å². The second kappa shape index (κ2) is 57.3. The first-order chi connectivity index (χ1) is 65.8. The lowest BCUT2D eigenvalue weighted by molar-refractivity contribution is -0.138. The number of nitrogens with zero attached hydrogens (tertiary/aromatic N) is 4. The molecule has 0 spiro atoms. The van der Waals surface area contributed by atoms with Crippen molar-refractivity contribution in [2.75, 3.05) is 157 Å². The second-order valence-corrected chi connectivity index (χ2v) is 37.2. The van der Waals surface area contributed by atoms with Crippen molar-refractivity contribution in [3.05, 3.63) is 217 Å². The lowest BCUT2D eigenvalue weighted by Gasteiger charge is -2.31. The molecular weight excluding hydrogens is 1850 g/mol. The third-order valence-electron chi connectivity index (χ3n) is 22.7. The fraction of sp³-hybridized carbons (Fsp3) is 0.485. The van der Waals surface area contributed by atoms with Crippen LogP contribution in [0.1, 0.15) is 121 Å². The van der Waals surface area contributed by atoms with E-state index in [0.29, 0.717) is 127 Å². The SMILES string of the molecule is CCOC(=O)N1CCCC(COS(C)(=O)=O)C1.CCOC(=O)N1CCCC(COS(C)(=O)=O)C1.CCOC(=O)N1CCCC(COc2ccc(C(F)(F)F)cc2)C1.CCOC(=O)N1CCCC(COc2ccc3ccccc3c2)C1.FC(F)(F)c1ccc(OCC2CCCNC2)cc1.Oc1ccc(C(F)(F)F)cc1.Oc1ccc2ccccc2c1.c1ccc2cc(OCC3CCCNC3)ccc2c1. The van der Waals surface area contributed by atoms with E-state index in [9.17, 15) is 75.5 Å². The van der Waals surface area contributed by atoms with Gasteiger partial charge in [-0.25, -0.2) is 19.2 Å². The standard InChI is InChI=1S/C19H23NO3.C16H20F3NO3.C16H19NO.C13H16F3NO.2C10H19NO5S.C10H8O.C7H5F3O/c1-2-22-19(21)20-11-5-6-15(13-20)14-23-18-10-9-16-7-3-4-8-17(16)12-18;1-2-22-15(21)20-9-3-4-12(10-20)11-23-14-7-5-13(6-8-14)16(17,18)19;1-2-6-15-10-16(8-7-14(15)5-1)18-12-13-4-3-9-17-11-13;14-13(15,16)11-3-5-12(6-4-11)18-9-10-2-1-7-17-8-10;2*1-3-15-10(12)11-6-4-5-9(7-11)8-16-17(2,13)14;11-10-6-5-8-3-1-2-4-9(8)7-10;8-7(9,10)5-1-3-6(11)4-2-5/h3-4,7-10,12,15H,2,5-6,11,13-14H2,1H3;5-8,12H,2-4,9-11H2,1H3;1-2,5-8,10,13,17H,3-4,9,11-12H2;3-6,10,17H,1-2,7-9H2;2*9H,3-8H2,1-2H3;1-7,11H;1-4,11H. The minimum Gasteiger partial charge on any atom is -0.508 e. The topological polar surface area (TPSA) is 306 Å². The summed E-state index contributed by atoms with van der Waals surface area (Å²) in [6.07, 6.45) is -0.0441. The first-order valence-electron chi connectivity index (χ1n) is 46.5. The van der Waals surface area contributed by atoms with Gasteiger partial charge >= 0.3 is 42.9 Å². The van der Waals surface area contributed by atoms with E-state index < -0.39 is 55.5 Å². The van der Waals surface area contributed by atoms with Crippen molar-refractivity contribution < 1.29 is 132 Å². The number of ether oxygens (including phenoxy) is 8. The molecule has 6 heterocycles. The molecule has 15 rings (SSSR count). The molecule has 4 N–H and O–H groups in total. The van der Waals surface area contributed by atoms with E-state index in [2.05, 4.69) is 77.4 Å². The van der Waals surface area contributed by atoms with Gasteiger partial charge < -0.3 is 78.3 Å². The van der Waals surface area contributed by atoms with Crippen LogP contribution in [0.15, 0.2) is 200 Å². The largest absolute Gasteiger partial charge is 0.508 e. The average molecular weight is 1980 g/mol. The molecule has 9 aromatic rings. The number of benzene rings is 9. The van der Waals surface area contributed by atoms with Crippen molar-refractivity contribution in [3.8, 4) is 34.5 Å². The number of alkyl halides is 9.